The van der Waals surface area contributed by atoms with Crippen LogP contribution in [0.2, 0.25) is 0 Å². The zero-order valence-corrected chi connectivity index (χ0v) is 14.5. The molecule has 0 radical (unpaired) electrons. The van der Waals surface area contributed by atoms with Crippen LogP contribution in [0.4, 0.5) is 5.69 Å². The van der Waals surface area contributed by atoms with E-state index in [-0.39, 0.29) is 5.41 Å². The van der Waals surface area contributed by atoms with E-state index in [9.17, 15) is 0 Å². The van der Waals surface area contributed by atoms with Gasteiger partial charge in [0, 0.05) is 31.0 Å². The molecule has 0 saturated carbocycles. The molecule has 0 amide bonds. The monoisotopic (exact) mass is 312 g/mol. The Bertz CT molecular complexity index is 821. The molecule has 122 valence electrons. The lowest BCUT2D eigenvalue weighted by Crippen LogP contribution is -2.16. The molecule has 0 aliphatic carbocycles. The Labute approximate surface area is 136 Å². The maximum absolute atomic E-state index is 4.38. The minimum Gasteiger partial charge on any atom is -0.379 e. The number of hydrogen-bond acceptors (Lipinski definition) is 4. The predicted molar refractivity (Wildman–Crippen MR) is 92.3 cm³/mol. The van der Waals surface area contributed by atoms with Gasteiger partial charge in [0.15, 0.2) is 0 Å². The molecule has 6 nitrogen and oxygen atoms in total. The number of aryl methyl sites for hydroxylation is 2. The molecular formula is C17H24N6. The van der Waals surface area contributed by atoms with Crippen molar-refractivity contribution in [2.24, 2.45) is 12.5 Å². The molecule has 0 aliphatic heterocycles. The van der Waals surface area contributed by atoms with Crippen molar-refractivity contribution in [1.82, 2.24) is 24.8 Å². The van der Waals surface area contributed by atoms with Crippen LogP contribution in [-0.2, 0) is 20.1 Å². The molecule has 3 rings (SSSR count). The predicted octanol–water partition coefficient (Wildman–Crippen LogP) is 3.13. The summed E-state index contributed by atoms with van der Waals surface area (Å²) in [4.78, 5) is 0. The molecule has 1 aromatic carbocycles. The molecule has 3 aromatic rings. The normalized spacial score (nSPS) is 12.0. The topological polar surface area (TPSA) is 60.6 Å². The summed E-state index contributed by atoms with van der Waals surface area (Å²) in [7, 11) is 1.92. The van der Waals surface area contributed by atoms with Gasteiger partial charge in [0.1, 0.15) is 5.52 Å². The maximum Gasteiger partial charge on any atom is 0.118 e. The first-order chi connectivity index (χ1) is 10.8. The van der Waals surface area contributed by atoms with E-state index < -0.39 is 0 Å². The number of nitrogens with zero attached hydrogens (tertiary/aromatic N) is 5. The summed E-state index contributed by atoms with van der Waals surface area (Å²) < 4.78 is 3.80. The van der Waals surface area contributed by atoms with Gasteiger partial charge in [-0.3, -0.25) is 4.68 Å². The lowest BCUT2D eigenvalue weighted by atomic mass is 9.97. The fraction of sp³-hybridized carbons (Fsp3) is 0.471. The van der Waals surface area contributed by atoms with Crippen LogP contribution in [0.3, 0.4) is 0 Å². The summed E-state index contributed by atoms with van der Waals surface area (Å²) in [6.45, 7) is 10.2. The van der Waals surface area contributed by atoms with Crippen molar-refractivity contribution in [3.05, 3.63) is 35.7 Å². The molecule has 0 saturated heterocycles. The quantitative estimate of drug-likeness (QED) is 0.804. The van der Waals surface area contributed by atoms with E-state index in [1.165, 1.54) is 0 Å². The molecular weight excluding hydrogens is 288 g/mol. The van der Waals surface area contributed by atoms with E-state index in [1.807, 2.05) is 28.7 Å². The van der Waals surface area contributed by atoms with Crippen molar-refractivity contribution in [2.75, 3.05) is 5.32 Å². The summed E-state index contributed by atoms with van der Waals surface area (Å²) in [6, 6.07) is 6.21. The molecule has 0 unspecified atom stereocenters. The summed E-state index contributed by atoms with van der Waals surface area (Å²) in [5, 5.41) is 16.5. The standard InChI is InChI=1S/C17H24N6/c1-12-14(18-10-13-8-9-22(5)20-13)6-7-15-16(12)19-21-23(15)11-17(2,3)4/h6-9,18H,10-11H2,1-5H3. The lowest BCUT2D eigenvalue weighted by Gasteiger charge is -2.18. The molecule has 1 N–H and O–H groups in total. The zero-order chi connectivity index (χ0) is 16.6. The van der Waals surface area contributed by atoms with Crippen LogP contribution in [0, 0.1) is 12.3 Å². The largest absolute Gasteiger partial charge is 0.379 e. The van der Waals surface area contributed by atoms with Crippen molar-refractivity contribution in [1.29, 1.82) is 0 Å². The van der Waals surface area contributed by atoms with Crippen molar-refractivity contribution in [2.45, 2.75) is 40.8 Å². The van der Waals surface area contributed by atoms with Crippen LogP contribution in [-0.4, -0.2) is 24.8 Å². The van der Waals surface area contributed by atoms with E-state index in [2.05, 4.69) is 60.6 Å². The minimum atomic E-state index is 0.171. The highest BCUT2D eigenvalue weighted by Gasteiger charge is 2.16. The fourth-order valence-corrected chi connectivity index (χ4v) is 2.67. The van der Waals surface area contributed by atoms with Crippen LogP contribution in [0.15, 0.2) is 24.4 Å². The fourth-order valence-electron chi connectivity index (χ4n) is 2.67. The number of fused-ring (bicyclic) bond motifs is 1. The summed E-state index contributed by atoms with van der Waals surface area (Å²) in [5.74, 6) is 0. The van der Waals surface area contributed by atoms with Gasteiger partial charge in [0.2, 0.25) is 0 Å². The third-order valence-corrected chi connectivity index (χ3v) is 3.79. The number of hydrogen-bond donors (Lipinski definition) is 1. The second kappa shape index (κ2) is 5.68. The summed E-state index contributed by atoms with van der Waals surface area (Å²) in [5.41, 5.74) is 5.43. The Morgan fingerprint density at radius 3 is 2.61 bits per heavy atom. The van der Waals surface area contributed by atoms with Crippen molar-refractivity contribution in [3.63, 3.8) is 0 Å². The molecule has 0 spiro atoms. The van der Waals surface area contributed by atoms with E-state index in [0.29, 0.717) is 6.54 Å². The molecule has 2 heterocycles. The number of anilines is 1. The van der Waals surface area contributed by atoms with Gasteiger partial charge in [0.25, 0.3) is 0 Å². The maximum atomic E-state index is 4.38. The Kier molecular flexibility index (Phi) is 3.83. The van der Waals surface area contributed by atoms with Gasteiger partial charge in [0.05, 0.1) is 17.8 Å². The highest BCUT2D eigenvalue weighted by atomic mass is 15.4. The Balaban J connectivity index is 1.84. The first-order valence-corrected chi connectivity index (χ1v) is 7.89. The van der Waals surface area contributed by atoms with Gasteiger partial charge in [-0.1, -0.05) is 26.0 Å². The van der Waals surface area contributed by atoms with Gasteiger partial charge in [-0.15, -0.1) is 5.10 Å². The van der Waals surface area contributed by atoms with E-state index in [4.69, 9.17) is 0 Å². The smallest absolute Gasteiger partial charge is 0.118 e. The number of benzene rings is 1. The number of rotatable bonds is 4. The van der Waals surface area contributed by atoms with Gasteiger partial charge in [-0.2, -0.15) is 5.10 Å². The van der Waals surface area contributed by atoms with Crippen molar-refractivity contribution in [3.8, 4) is 0 Å². The number of nitrogens with one attached hydrogen (secondary N) is 1. The molecule has 2 aromatic heterocycles. The second-order valence-corrected chi connectivity index (χ2v) is 7.25. The Hall–Kier alpha value is -2.37. The van der Waals surface area contributed by atoms with Gasteiger partial charge in [-0.25, -0.2) is 4.68 Å². The van der Waals surface area contributed by atoms with Crippen LogP contribution < -0.4 is 5.32 Å². The van der Waals surface area contributed by atoms with Crippen molar-refractivity contribution >= 4 is 16.7 Å². The summed E-state index contributed by atoms with van der Waals surface area (Å²) >= 11 is 0. The minimum absolute atomic E-state index is 0.171. The van der Waals surface area contributed by atoms with Gasteiger partial charge >= 0.3 is 0 Å². The van der Waals surface area contributed by atoms with Crippen LogP contribution in [0.1, 0.15) is 32.0 Å². The third-order valence-electron chi connectivity index (χ3n) is 3.79. The van der Waals surface area contributed by atoms with E-state index >= 15 is 0 Å². The SMILES string of the molecule is Cc1c(NCc2ccn(C)n2)ccc2c1nnn2CC(C)(C)C. The third kappa shape index (κ3) is 3.36. The molecule has 0 atom stereocenters. The average molecular weight is 312 g/mol. The molecule has 0 fully saturated rings. The molecule has 0 bridgehead atoms. The van der Waals surface area contributed by atoms with E-state index in [0.717, 1.165) is 34.5 Å². The van der Waals surface area contributed by atoms with E-state index in [1.54, 1.807) is 0 Å². The second-order valence-electron chi connectivity index (χ2n) is 7.25. The molecule has 0 aliphatic rings. The van der Waals surface area contributed by atoms with Crippen LogP contribution in [0.25, 0.3) is 11.0 Å². The number of aromatic nitrogens is 5. The molecule has 23 heavy (non-hydrogen) atoms. The van der Waals surface area contributed by atoms with Gasteiger partial charge in [-0.05, 0) is 30.5 Å². The first kappa shape index (κ1) is 15.5. The summed E-state index contributed by atoms with van der Waals surface area (Å²) in [6.07, 6.45) is 1.95. The Morgan fingerprint density at radius 2 is 1.96 bits per heavy atom. The van der Waals surface area contributed by atoms with Crippen LogP contribution >= 0.6 is 0 Å². The first-order valence-electron chi connectivity index (χ1n) is 7.89. The molecule has 6 heteroatoms. The zero-order valence-electron chi connectivity index (χ0n) is 14.5. The Morgan fingerprint density at radius 1 is 1.17 bits per heavy atom. The average Bonchev–Trinajstić information content (AvgIpc) is 3.04. The van der Waals surface area contributed by atoms with Gasteiger partial charge < -0.3 is 5.32 Å². The van der Waals surface area contributed by atoms with Crippen molar-refractivity contribution < 1.29 is 0 Å². The highest BCUT2D eigenvalue weighted by molar-refractivity contribution is 5.83. The highest BCUT2D eigenvalue weighted by Crippen LogP contribution is 2.26. The lowest BCUT2D eigenvalue weighted by molar-refractivity contribution is 0.327. The van der Waals surface area contributed by atoms with Crippen LogP contribution in [0.5, 0.6) is 0 Å².